The van der Waals surface area contributed by atoms with Crippen LogP contribution in [-0.2, 0) is 11.3 Å². The Bertz CT molecular complexity index is 775. The number of ether oxygens (including phenoxy) is 1. The number of nitrogens with zero attached hydrogens (tertiary/aromatic N) is 3. The summed E-state index contributed by atoms with van der Waals surface area (Å²) in [6.07, 6.45) is 2.03. The van der Waals surface area contributed by atoms with E-state index in [2.05, 4.69) is 11.1 Å². The first-order valence-electron chi connectivity index (χ1n) is 7.36. The summed E-state index contributed by atoms with van der Waals surface area (Å²) in [5.41, 5.74) is 0.609. The molecule has 2 aromatic rings. The monoisotopic (exact) mass is 315 g/mol. The van der Waals surface area contributed by atoms with Gasteiger partial charge in [0.1, 0.15) is 0 Å². The van der Waals surface area contributed by atoms with E-state index in [1.165, 1.54) is 11.8 Å². The molecule has 5 nitrogen and oxygen atoms in total. The van der Waals surface area contributed by atoms with Crippen molar-refractivity contribution in [1.82, 2.24) is 9.55 Å². The van der Waals surface area contributed by atoms with Gasteiger partial charge in [0.25, 0.3) is 5.56 Å². The van der Waals surface area contributed by atoms with E-state index >= 15 is 0 Å². The fourth-order valence-electron chi connectivity index (χ4n) is 2.58. The number of benzene rings is 1. The zero-order valence-corrected chi connectivity index (χ0v) is 13.2. The number of rotatable bonds is 4. The maximum Gasteiger partial charge on any atom is 0.262 e. The average Bonchev–Trinajstić information content (AvgIpc) is 3.04. The maximum atomic E-state index is 12.8. The fraction of sp³-hybridized carbons (Fsp3) is 0.438. The molecule has 1 aliphatic heterocycles. The second-order valence-electron chi connectivity index (χ2n) is 5.35. The molecule has 0 saturated carbocycles. The molecule has 3 rings (SSSR count). The van der Waals surface area contributed by atoms with E-state index in [-0.39, 0.29) is 16.9 Å². The third-order valence-electron chi connectivity index (χ3n) is 3.70. The molecule has 0 aliphatic carbocycles. The lowest BCUT2D eigenvalue weighted by atomic mass is 10.2. The minimum absolute atomic E-state index is 0.0532. The Morgan fingerprint density at radius 2 is 2.36 bits per heavy atom. The Kier molecular flexibility index (Phi) is 4.46. The molecule has 1 aromatic carbocycles. The standard InChI is InChI=1S/C16H17N3O2S/c1-11(9-17)22-16-18-14-7-3-2-6-13(14)15(20)19(16)10-12-5-4-8-21-12/h2-3,6-7,11-12H,4-5,8,10H2,1H3/t11-,12+/m1/s1. The van der Waals surface area contributed by atoms with Crippen LogP contribution < -0.4 is 5.56 Å². The van der Waals surface area contributed by atoms with Crippen molar-refractivity contribution in [2.24, 2.45) is 0 Å². The Hall–Kier alpha value is -1.84. The molecule has 2 heterocycles. The van der Waals surface area contributed by atoms with Crippen molar-refractivity contribution in [3.8, 4) is 6.07 Å². The summed E-state index contributed by atoms with van der Waals surface area (Å²) in [7, 11) is 0. The molecule has 114 valence electrons. The van der Waals surface area contributed by atoms with Crippen LogP contribution in [0.5, 0.6) is 0 Å². The number of hydrogen-bond donors (Lipinski definition) is 0. The predicted molar refractivity (Wildman–Crippen MR) is 85.9 cm³/mol. The summed E-state index contributed by atoms with van der Waals surface area (Å²) in [6.45, 7) is 3.05. The molecule has 0 N–H and O–H groups in total. The second kappa shape index (κ2) is 6.51. The van der Waals surface area contributed by atoms with Crippen LogP contribution in [-0.4, -0.2) is 27.5 Å². The summed E-state index contributed by atoms with van der Waals surface area (Å²) in [6, 6.07) is 9.50. The van der Waals surface area contributed by atoms with Crippen molar-refractivity contribution in [3.63, 3.8) is 0 Å². The quantitative estimate of drug-likeness (QED) is 0.641. The van der Waals surface area contributed by atoms with Gasteiger partial charge >= 0.3 is 0 Å². The Balaban J connectivity index is 2.08. The van der Waals surface area contributed by atoms with Crippen LogP contribution >= 0.6 is 11.8 Å². The Labute approximate surface area is 132 Å². The predicted octanol–water partition coefficient (Wildman–Crippen LogP) is 2.58. The molecule has 0 bridgehead atoms. The van der Waals surface area contributed by atoms with Crippen LogP contribution in [0, 0.1) is 11.3 Å². The number of para-hydroxylation sites is 1. The van der Waals surface area contributed by atoms with E-state index in [0.29, 0.717) is 22.6 Å². The highest BCUT2D eigenvalue weighted by Crippen LogP contribution is 2.23. The topological polar surface area (TPSA) is 67.9 Å². The molecule has 0 spiro atoms. The first kappa shape index (κ1) is 15.1. The van der Waals surface area contributed by atoms with E-state index in [4.69, 9.17) is 10.00 Å². The van der Waals surface area contributed by atoms with Gasteiger partial charge in [0.05, 0.1) is 34.9 Å². The minimum Gasteiger partial charge on any atom is -0.376 e. The van der Waals surface area contributed by atoms with E-state index in [9.17, 15) is 4.79 Å². The normalized spacial score (nSPS) is 19.2. The highest BCUT2D eigenvalue weighted by Gasteiger charge is 2.21. The van der Waals surface area contributed by atoms with Gasteiger partial charge in [0.2, 0.25) is 0 Å². The molecule has 1 aromatic heterocycles. The minimum atomic E-state index is -0.260. The van der Waals surface area contributed by atoms with Crippen molar-refractivity contribution in [3.05, 3.63) is 34.6 Å². The van der Waals surface area contributed by atoms with Gasteiger partial charge in [-0.05, 0) is 31.9 Å². The number of fused-ring (bicyclic) bond motifs is 1. The Morgan fingerprint density at radius 3 is 3.09 bits per heavy atom. The SMILES string of the molecule is C[C@H](C#N)Sc1nc2ccccc2c(=O)n1C[C@@H]1CCCO1. The van der Waals surface area contributed by atoms with Crippen molar-refractivity contribution in [2.75, 3.05) is 6.61 Å². The van der Waals surface area contributed by atoms with Gasteiger partial charge in [-0.15, -0.1) is 0 Å². The highest BCUT2D eigenvalue weighted by atomic mass is 32.2. The first-order valence-corrected chi connectivity index (χ1v) is 8.24. The van der Waals surface area contributed by atoms with Crippen LogP contribution in [0.15, 0.2) is 34.2 Å². The third kappa shape index (κ3) is 3.01. The lowest BCUT2D eigenvalue weighted by Gasteiger charge is -2.16. The van der Waals surface area contributed by atoms with Gasteiger partial charge in [0.15, 0.2) is 5.16 Å². The number of nitriles is 1. The Morgan fingerprint density at radius 1 is 1.55 bits per heavy atom. The number of aromatic nitrogens is 2. The van der Waals surface area contributed by atoms with Gasteiger partial charge in [0, 0.05) is 6.61 Å². The smallest absolute Gasteiger partial charge is 0.262 e. The molecule has 22 heavy (non-hydrogen) atoms. The molecule has 0 amide bonds. The van der Waals surface area contributed by atoms with Crippen molar-refractivity contribution in [1.29, 1.82) is 5.26 Å². The molecule has 0 unspecified atom stereocenters. The van der Waals surface area contributed by atoms with E-state index < -0.39 is 0 Å². The van der Waals surface area contributed by atoms with Crippen molar-refractivity contribution >= 4 is 22.7 Å². The molecule has 1 aliphatic rings. The molecule has 1 fully saturated rings. The van der Waals surface area contributed by atoms with Gasteiger partial charge in [-0.1, -0.05) is 23.9 Å². The van der Waals surface area contributed by atoms with Gasteiger partial charge in [-0.3, -0.25) is 9.36 Å². The molecule has 1 saturated heterocycles. The summed E-state index contributed by atoms with van der Waals surface area (Å²) in [4.78, 5) is 17.4. The summed E-state index contributed by atoms with van der Waals surface area (Å²) in [5.74, 6) is 0. The zero-order chi connectivity index (χ0) is 15.5. The van der Waals surface area contributed by atoms with Crippen molar-refractivity contribution < 1.29 is 4.74 Å². The largest absolute Gasteiger partial charge is 0.376 e. The lowest BCUT2D eigenvalue weighted by Crippen LogP contribution is -2.29. The van der Waals surface area contributed by atoms with Crippen molar-refractivity contribution in [2.45, 2.75) is 42.8 Å². The van der Waals surface area contributed by atoms with Gasteiger partial charge in [-0.25, -0.2) is 4.98 Å². The maximum absolute atomic E-state index is 12.8. The van der Waals surface area contributed by atoms with Gasteiger partial charge in [-0.2, -0.15) is 5.26 Å². The van der Waals surface area contributed by atoms with Crippen LogP contribution in [0.4, 0.5) is 0 Å². The molecular weight excluding hydrogens is 298 g/mol. The third-order valence-corrected chi connectivity index (χ3v) is 4.68. The summed E-state index contributed by atoms with van der Waals surface area (Å²) < 4.78 is 7.31. The molecule has 6 heteroatoms. The van der Waals surface area contributed by atoms with Gasteiger partial charge < -0.3 is 4.74 Å². The molecule has 2 atom stereocenters. The highest BCUT2D eigenvalue weighted by molar-refractivity contribution is 8.00. The number of thioether (sulfide) groups is 1. The van der Waals surface area contributed by atoms with Crippen LogP contribution in [0.3, 0.4) is 0 Å². The fourth-order valence-corrected chi connectivity index (χ4v) is 3.38. The van der Waals surface area contributed by atoms with Crippen LogP contribution in [0.2, 0.25) is 0 Å². The molecule has 0 radical (unpaired) electrons. The summed E-state index contributed by atoms with van der Waals surface area (Å²) >= 11 is 1.32. The van der Waals surface area contributed by atoms with Crippen LogP contribution in [0.1, 0.15) is 19.8 Å². The summed E-state index contributed by atoms with van der Waals surface area (Å²) in [5, 5.41) is 9.98. The average molecular weight is 315 g/mol. The molecular formula is C16H17N3O2S. The van der Waals surface area contributed by atoms with E-state index in [0.717, 1.165) is 19.4 Å². The number of hydrogen-bond acceptors (Lipinski definition) is 5. The lowest BCUT2D eigenvalue weighted by molar-refractivity contribution is 0.0937. The van der Waals surface area contributed by atoms with E-state index in [1.54, 1.807) is 10.6 Å². The zero-order valence-electron chi connectivity index (χ0n) is 12.4. The van der Waals surface area contributed by atoms with Crippen LogP contribution in [0.25, 0.3) is 10.9 Å². The second-order valence-corrected chi connectivity index (χ2v) is 6.66. The first-order chi connectivity index (χ1) is 10.7. The van der Waals surface area contributed by atoms with E-state index in [1.807, 2.05) is 25.1 Å².